The molecule has 5 heteroatoms. The maximum atomic E-state index is 12.8. The molecule has 0 aliphatic rings. The number of aliphatic hydroxyl groups is 1. The van der Waals surface area contributed by atoms with Gasteiger partial charge >= 0.3 is 7.12 Å². The summed E-state index contributed by atoms with van der Waals surface area (Å²) in [5.41, 5.74) is 0.647. The van der Waals surface area contributed by atoms with E-state index in [2.05, 4.69) is 0 Å². The second kappa shape index (κ2) is 4.36. The van der Waals surface area contributed by atoms with Gasteiger partial charge in [-0.25, -0.2) is 4.39 Å². The fraction of sp³-hybridized carbons (Fsp3) is 0.250. The van der Waals surface area contributed by atoms with Crippen LogP contribution in [-0.2, 0) is 6.42 Å². The number of halogens is 1. The minimum Gasteiger partial charge on any atom is -0.423 e. The van der Waals surface area contributed by atoms with E-state index in [4.69, 9.17) is 15.2 Å². The normalized spacial score (nSPS) is 10.2. The van der Waals surface area contributed by atoms with E-state index in [1.807, 2.05) is 0 Å². The molecular weight excluding hydrogens is 174 g/mol. The van der Waals surface area contributed by atoms with Crippen LogP contribution < -0.4 is 5.46 Å². The van der Waals surface area contributed by atoms with Gasteiger partial charge < -0.3 is 15.2 Å². The van der Waals surface area contributed by atoms with Crippen molar-refractivity contribution in [2.45, 2.75) is 6.42 Å². The summed E-state index contributed by atoms with van der Waals surface area (Å²) in [4.78, 5) is 0. The van der Waals surface area contributed by atoms with Crippen LogP contribution in [0.5, 0.6) is 0 Å². The summed E-state index contributed by atoms with van der Waals surface area (Å²) < 4.78 is 12.8. The summed E-state index contributed by atoms with van der Waals surface area (Å²) in [5.74, 6) is -0.533. The van der Waals surface area contributed by atoms with Crippen molar-refractivity contribution in [2.24, 2.45) is 0 Å². The lowest BCUT2D eigenvalue weighted by Crippen LogP contribution is -2.30. The molecule has 1 rings (SSSR count). The second-order valence-electron chi connectivity index (χ2n) is 2.74. The van der Waals surface area contributed by atoms with E-state index in [-0.39, 0.29) is 12.1 Å². The minimum absolute atomic E-state index is 0.0928. The fourth-order valence-electron chi connectivity index (χ4n) is 1.10. The molecule has 0 saturated carbocycles. The Morgan fingerprint density at radius 2 is 1.92 bits per heavy atom. The largest absolute Gasteiger partial charge is 0.488 e. The smallest absolute Gasteiger partial charge is 0.423 e. The predicted octanol–water partition coefficient (Wildman–Crippen LogP) is -0.960. The minimum atomic E-state index is -1.67. The molecule has 13 heavy (non-hydrogen) atoms. The highest BCUT2D eigenvalue weighted by Crippen LogP contribution is 2.02. The number of rotatable bonds is 3. The molecule has 0 bridgehead atoms. The van der Waals surface area contributed by atoms with E-state index in [9.17, 15) is 4.39 Å². The molecule has 0 fully saturated rings. The van der Waals surface area contributed by atoms with Crippen LogP contribution in [0.3, 0.4) is 0 Å². The Morgan fingerprint density at radius 3 is 2.46 bits per heavy atom. The first kappa shape index (κ1) is 10.2. The summed E-state index contributed by atoms with van der Waals surface area (Å²) >= 11 is 0. The zero-order chi connectivity index (χ0) is 9.84. The molecule has 0 aromatic heterocycles. The molecule has 3 N–H and O–H groups in total. The Kier molecular flexibility index (Phi) is 3.42. The van der Waals surface area contributed by atoms with Crippen molar-refractivity contribution in [3.8, 4) is 0 Å². The molecule has 1 aromatic rings. The highest BCUT2D eigenvalue weighted by atomic mass is 19.1. The number of hydrogen-bond acceptors (Lipinski definition) is 3. The third kappa shape index (κ3) is 2.80. The molecule has 0 unspecified atom stereocenters. The highest BCUT2D eigenvalue weighted by Gasteiger charge is 2.12. The topological polar surface area (TPSA) is 60.7 Å². The molecule has 0 atom stereocenters. The molecule has 0 spiro atoms. The molecule has 0 aliphatic carbocycles. The monoisotopic (exact) mass is 184 g/mol. The van der Waals surface area contributed by atoms with Crippen molar-refractivity contribution >= 4 is 12.6 Å². The van der Waals surface area contributed by atoms with Gasteiger partial charge in [0.1, 0.15) is 5.82 Å². The van der Waals surface area contributed by atoms with E-state index in [1.165, 1.54) is 12.1 Å². The zero-order valence-electron chi connectivity index (χ0n) is 6.94. The van der Waals surface area contributed by atoms with Crippen molar-refractivity contribution in [1.82, 2.24) is 0 Å². The molecule has 3 nitrogen and oxygen atoms in total. The zero-order valence-corrected chi connectivity index (χ0v) is 6.94. The molecule has 0 saturated heterocycles. The lowest BCUT2D eigenvalue weighted by Gasteiger charge is -2.03. The lowest BCUT2D eigenvalue weighted by atomic mass is 9.79. The van der Waals surface area contributed by atoms with Gasteiger partial charge in [-0.05, 0) is 29.6 Å². The summed E-state index contributed by atoms with van der Waals surface area (Å²) in [6.45, 7) is -0.0928. The van der Waals surface area contributed by atoms with Gasteiger partial charge in [0.15, 0.2) is 0 Å². The fourth-order valence-corrected chi connectivity index (χ4v) is 1.10. The highest BCUT2D eigenvalue weighted by molar-refractivity contribution is 6.58. The van der Waals surface area contributed by atoms with Crippen LogP contribution in [0.25, 0.3) is 0 Å². The first-order valence-electron chi connectivity index (χ1n) is 3.90. The molecule has 1 aromatic carbocycles. The van der Waals surface area contributed by atoms with E-state index in [0.29, 0.717) is 12.0 Å². The van der Waals surface area contributed by atoms with Gasteiger partial charge in [0, 0.05) is 6.61 Å². The van der Waals surface area contributed by atoms with Crippen LogP contribution in [0.15, 0.2) is 18.2 Å². The molecular formula is C8H10BFO3. The standard InChI is InChI=1S/C8H10BFO3/c10-8-4-6(1-2-11)3-7(5-8)9(12)13/h3-5,11-13H,1-2H2. The van der Waals surface area contributed by atoms with Gasteiger partial charge in [0.25, 0.3) is 0 Å². The van der Waals surface area contributed by atoms with Crippen LogP contribution in [0, 0.1) is 5.82 Å². The van der Waals surface area contributed by atoms with Crippen LogP contribution in [0.2, 0.25) is 0 Å². The van der Waals surface area contributed by atoms with Crippen LogP contribution >= 0.6 is 0 Å². The quantitative estimate of drug-likeness (QED) is 0.530. The molecule has 0 aliphatic heterocycles. The van der Waals surface area contributed by atoms with E-state index < -0.39 is 12.9 Å². The number of benzene rings is 1. The Bertz CT molecular complexity index is 291. The van der Waals surface area contributed by atoms with Crippen molar-refractivity contribution in [1.29, 1.82) is 0 Å². The second-order valence-corrected chi connectivity index (χ2v) is 2.74. The van der Waals surface area contributed by atoms with Gasteiger partial charge in [-0.15, -0.1) is 0 Å². The maximum Gasteiger partial charge on any atom is 0.488 e. The molecule has 0 heterocycles. The van der Waals surface area contributed by atoms with Gasteiger partial charge in [0.2, 0.25) is 0 Å². The van der Waals surface area contributed by atoms with Crippen LogP contribution in [-0.4, -0.2) is 28.9 Å². The van der Waals surface area contributed by atoms with Crippen LogP contribution in [0.1, 0.15) is 5.56 Å². The van der Waals surface area contributed by atoms with Crippen molar-refractivity contribution < 1.29 is 19.5 Å². The summed E-state index contributed by atoms with van der Waals surface area (Å²) in [7, 11) is -1.67. The Labute approximate surface area is 75.6 Å². The van der Waals surface area contributed by atoms with Crippen molar-refractivity contribution in [3.63, 3.8) is 0 Å². The van der Waals surface area contributed by atoms with Crippen molar-refractivity contribution in [3.05, 3.63) is 29.6 Å². The predicted molar refractivity (Wildman–Crippen MR) is 47.0 cm³/mol. The SMILES string of the molecule is OCCc1cc(F)cc(B(O)O)c1. The summed E-state index contributed by atoms with van der Waals surface area (Å²) in [5, 5.41) is 26.1. The van der Waals surface area contributed by atoms with Crippen LogP contribution in [0.4, 0.5) is 4.39 Å². The third-order valence-electron chi connectivity index (χ3n) is 1.68. The van der Waals surface area contributed by atoms with Crippen molar-refractivity contribution in [2.75, 3.05) is 6.61 Å². The van der Waals surface area contributed by atoms with E-state index in [0.717, 1.165) is 6.07 Å². The summed E-state index contributed by atoms with van der Waals surface area (Å²) in [6, 6.07) is 3.75. The van der Waals surface area contributed by atoms with Gasteiger partial charge in [-0.3, -0.25) is 0 Å². The van der Waals surface area contributed by atoms with E-state index in [1.54, 1.807) is 0 Å². The Balaban J connectivity index is 2.96. The maximum absolute atomic E-state index is 12.8. The summed E-state index contributed by atoms with van der Waals surface area (Å²) in [6.07, 6.45) is 0.303. The van der Waals surface area contributed by atoms with Gasteiger partial charge in [-0.2, -0.15) is 0 Å². The van der Waals surface area contributed by atoms with Gasteiger partial charge in [-0.1, -0.05) is 6.07 Å². The molecule has 0 radical (unpaired) electrons. The molecule has 0 amide bonds. The molecule has 70 valence electrons. The first-order chi connectivity index (χ1) is 6.13. The van der Waals surface area contributed by atoms with E-state index >= 15 is 0 Å². The first-order valence-corrected chi connectivity index (χ1v) is 3.90. The lowest BCUT2D eigenvalue weighted by molar-refractivity contribution is 0.299. The van der Waals surface area contributed by atoms with Gasteiger partial charge in [0.05, 0.1) is 0 Å². The Morgan fingerprint density at radius 1 is 1.23 bits per heavy atom. The Hall–Kier alpha value is -0.905. The number of aliphatic hydroxyl groups excluding tert-OH is 1. The number of hydrogen-bond donors (Lipinski definition) is 3. The third-order valence-corrected chi connectivity index (χ3v) is 1.68. The average molecular weight is 184 g/mol. The average Bonchev–Trinajstić information content (AvgIpc) is 2.03.